The van der Waals surface area contributed by atoms with Crippen molar-refractivity contribution in [3.63, 3.8) is 0 Å². The summed E-state index contributed by atoms with van der Waals surface area (Å²) in [7, 11) is 0. The smallest absolute Gasteiger partial charge is 0.374 e. The maximum atomic E-state index is 13.4. The van der Waals surface area contributed by atoms with E-state index in [-0.39, 0.29) is 18.0 Å². The molecule has 0 saturated carbocycles. The van der Waals surface area contributed by atoms with Crippen LogP contribution in [0.1, 0.15) is 52.0 Å². The predicted molar refractivity (Wildman–Crippen MR) is 107 cm³/mol. The third-order valence-corrected chi connectivity index (χ3v) is 6.18. The zero-order valence-electron chi connectivity index (χ0n) is 15.6. The number of benzene rings is 1. The van der Waals surface area contributed by atoms with Crippen molar-refractivity contribution in [3.8, 4) is 0 Å². The maximum absolute atomic E-state index is 13.4. The first kappa shape index (κ1) is 17.9. The van der Waals surface area contributed by atoms with Crippen molar-refractivity contribution in [1.29, 1.82) is 0 Å². The van der Waals surface area contributed by atoms with Crippen LogP contribution in [0.2, 0.25) is 0 Å². The van der Waals surface area contributed by atoms with E-state index in [2.05, 4.69) is 4.98 Å². The maximum Gasteiger partial charge on any atom is 0.374 e. The molecule has 2 aromatic heterocycles. The van der Waals surface area contributed by atoms with Gasteiger partial charge in [0.1, 0.15) is 4.83 Å². The third-order valence-electron chi connectivity index (χ3n) is 4.99. The number of esters is 1. The molecule has 0 aliphatic heterocycles. The van der Waals surface area contributed by atoms with E-state index in [0.717, 1.165) is 42.4 Å². The second kappa shape index (κ2) is 7.27. The summed E-state index contributed by atoms with van der Waals surface area (Å²) in [6, 6.07) is 7.96. The molecule has 0 saturated heterocycles. The van der Waals surface area contributed by atoms with Gasteiger partial charge in [-0.05, 0) is 50.7 Å². The van der Waals surface area contributed by atoms with Crippen LogP contribution in [0.5, 0.6) is 0 Å². The molecule has 0 spiro atoms. The van der Waals surface area contributed by atoms with Gasteiger partial charge in [0, 0.05) is 4.88 Å². The molecule has 140 valence electrons. The van der Waals surface area contributed by atoms with Crippen molar-refractivity contribution in [2.75, 3.05) is 6.61 Å². The van der Waals surface area contributed by atoms with Gasteiger partial charge >= 0.3 is 5.97 Å². The first-order valence-corrected chi connectivity index (χ1v) is 10.2. The average Bonchev–Trinajstić information content (AvgIpc) is 3.04. The van der Waals surface area contributed by atoms with Crippen molar-refractivity contribution in [1.82, 2.24) is 9.55 Å². The number of aromatic nitrogens is 2. The van der Waals surface area contributed by atoms with Crippen LogP contribution in [-0.4, -0.2) is 22.1 Å². The summed E-state index contributed by atoms with van der Waals surface area (Å²) in [6.45, 7) is 4.33. The number of rotatable bonds is 4. The molecule has 1 aliphatic rings. The van der Waals surface area contributed by atoms with Gasteiger partial charge in [0.05, 0.1) is 18.5 Å². The van der Waals surface area contributed by atoms with E-state index in [0.29, 0.717) is 16.8 Å². The minimum Gasteiger partial charge on any atom is -0.460 e. The number of hydrogen-bond donors (Lipinski definition) is 0. The molecule has 0 bridgehead atoms. The summed E-state index contributed by atoms with van der Waals surface area (Å²) in [6.07, 6.45) is 4.13. The monoisotopic (exact) mass is 382 g/mol. The van der Waals surface area contributed by atoms with E-state index in [4.69, 9.17) is 4.74 Å². The van der Waals surface area contributed by atoms with Gasteiger partial charge < -0.3 is 4.74 Å². The summed E-state index contributed by atoms with van der Waals surface area (Å²) in [5, 5.41) is 0.690. The largest absolute Gasteiger partial charge is 0.460 e. The van der Waals surface area contributed by atoms with Crippen molar-refractivity contribution in [2.24, 2.45) is 0 Å². The summed E-state index contributed by atoms with van der Waals surface area (Å²) in [5.74, 6) is -0.455. The highest BCUT2D eigenvalue weighted by molar-refractivity contribution is 7.18. The van der Waals surface area contributed by atoms with Crippen molar-refractivity contribution in [2.45, 2.75) is 46.1 Å². The second-order valence-electron chi connectivity index (χ2n) is 6.92. The minimum absolute atomic E-state index is 0.0912. The Morgan fingerprint density at radius 3 is 2.70 bits per heavy atom. The van der Waals surface area contributed by atoms with Gasteiger partial charge in [-0.15, -0.1) is 11.3 Å². The van der Waals surface area contributed by atoms with Gasteiger partial charge in [0.25, 0.3) is 5.56 Å². The lowest BCUT2D eigenvalue weighted by Crippen LogP contribution is -2.29. The van der Waals surface area contributed by atoms with Gasteiger partial charge in [-0.1, -0.05) is 29.8 Å². The number of aryl methyl sites for hydroxylation is 3. The highest BCUT2D eigenvalue weighted by Crippen LogP contribution is 2.33. The summed E-state index contributed by atoms with van der Waals surface area (Å²) >= 11 is 1.55. The van der Waals surface area contributed by atoms with E-state index < -0.39 is 5.97 Å². The van der Waals surface area contributed by atoms with E-state index in [9.17, 15) is 9.59 Å². The topological polar surface area (TPSA) is 61.2 Å². The Balaban J connectivity index is 1.91. The minimum atomic E-state index is -0.546. The summed E-state index contributed by atoms with van der Waals surface area (Å²) in [5.41, 5.74) is 3.10. The van der Waals surface area contributed by atoms with E-state index >= 15 is 0 Å². The molecular formula is C21H22N2O3S. The molecule has 6 heteroatoms. The quantitative estimate of drug-likeness (QED) is 0.643. The molecule has 0 fully saturated rings. The number of fused-ring (bicyclic) bond motifs is 3. The normalized spacial score (nSPS) is 13.6. The standard InChI is InChI=1S/C21H22N2O3S/c1-3-26-21(25)18-22-19-17(15-6-4-5-7-16(15)27-19)20(24)23(18)12-14-10-8-13(2)9-11-14/h8-11H,3-7,12H2,1-2H3. The Hall–Kier alpha value is -2.47. The molecule has 27 heavy (non-hydrogen) atoms. The van der Waals surface area contributed by atoms with Crippen LogP contribution in [0.15, 0.2) is 29.1 Å². The van der Waals surface area contributed by atoms with Crippen LogP contribution in [0.4, 0.5) is 0 Å². The number of thiophene rings is 1. The van der Waals surface area contributed by atoms with Crippen molar-refractivity contribution in [3.05, 3.63) is 62.0 Å². The molecule has 5 nitrogen and oxygen atoms in total. The zero-order valence-corrected chi connectivity index (χ0v) is 16.4. The molecule has 1 aliphatic carbocycles. The first-order chi connectivity index (χ1) is 13.1. The molecule has 0 atom stereocenters. The van der Waals surface area contributed by atoms with Crippen LogP contribution in [-0.2, 0) is 24.1 Å². The van der Waals surface area contributed by atoms with Gasteiger partial charge in [0.2, 0.25) is 5.82 Å². The fourth-order valence-electron chi connectivity index (χ4n) is 3.61. The molecule has 4 rings (SSSR count). The summed E-state index contributed by atoms with van der Waals surface area (Å²) in [4.78, 5) is 32.4. The number of carbonyl (C=O) groups is 1. The predicted octanol–water partition coefficient (Wildman–Crippen LogP) is 3.87. The van der Waals surface area contributed by atoms with Gasteiger partial charge in [-0.2, -0.15) is 0 Å². The van der Waals surface area contributed by atoms with E-state index in [1.54, 1.807) is 18.3 Å². The lowest BCUT2D eigenvalue weighted by atomic mass is 9.97. The fourth-order valence-corrected chi connectivity index (χ4v) is 4.86. The van der Waals surface area contributed by atoms with Gasteiger partial charge in [-0.3, -0.25) is 9.36 Å². The van der Waals surface area contributed by atoms with Crippen LogP contribution in [0.3, 0.4) is 0 Å². The van der Waals surface area contributed by atoms with Crippen LogP contribution in [0.25, 0.3) is 10.2 Å². The van der Waals surface area contributed by atoms with Gasteiger partial charge in [-0.25, -0.2) is 9.78 Å². The highest BCUT2D eigenvalue weighted by atomic mass is 32.1. The fraction of sp³-hybridized carbons (Fsp3) is 0.381. The molecule has 0 radical (unpaired) electrons. The second-order valence-corrected chi connectivity index (χ2v) is 8.01. The Bertz CT molecular complexity index is 1060. The Morgan fingerprint density at radius 1 is 1.22 bits per heavy atom. The summed E-state index contributed by atoms with van der Waals surface area (Å²) < 4.78 is 6.65. The van der Waals surface area contributed by atoms with Crippen LogP contribution in [0, 0.1) is 6.92 Å². The number of hydrogen-bond acceptors (Lipinski definition) is 5. The average molecular weight is 382 g/mol. The molecule has 0 amide bonds. The first-order valence-electron chi connectivity index (χ1n) is 9.36. The van der Waals surface area contributed by atoms with Crippen molar-refractivity contribution >= 4 is 27.5 Å². The third kappa shape index (κ3) is 3.30. The highest BCUT2D eigenvalue weighted by Gasteiger charge is 2.25. The Kier molecular flexibility index (Phi) is 4.83. The molecule has 2 heterocycles. The Labute approximate surface area is 161 Å². The number of carbonyl (C=O) groups excluding carboxylic acids is 1. The zero-order chi connectivity index (χ0) is 19.0. The number of nitrogens with zero attached hydrogens (tertiary/aromatic N) is 2. The van der Waals surface area contributed by atoms with E-state index in [1.165, 1.54) is 9.44 Å². The van der Waals surface area contributed by atoms with E-state index in [1.807, 2.05) is 31.2 Å². The lowest BCUT2D eigenvalue weighted by Gasteiger charge is -2.13. The molecule has 3 aromatic rings. The van der Waals surface area contributed by atoms with Gasteiger partial charge in [0.15, 0.2) is 0 Å². The molecular weight excluding hydrogens is 360 g/mol. The molecule has 1 aromatic carbocycles. The Morgan fingerprint density at radius 2 is 1.96 bits per heavy atom. The van der Waals surface area contributed by atoms with Crippen LogP contribution < -0.4 is 5.56 Å². The lowest BCUT2D eigenvalue weighted by molar-refractivity contribution is 0.0505. The molecule has 0 unspecified atom stereocenters. The van der Waals surface area contributed by atoms with Crippen LogP contribution >= 0.6 is 11.3 Å². The number of ether oxygens (including phenoxy) is 1. The van der Waals surface area contributed by atoms with Crippen molar-refractivity contribution < 1.29 is 9.53 Å². The molecule has 0 N–H and O–H groups in total. The SMILES string of the molecule is CCOC(=O)c1nc2sc3c(c2c(=O)n1Cc1ccc(C)cc1)CCCC3.